The zero-order valence-corrected chi connectivity index (χ0v) is 22.2. The number of hydrogen-bond acceptors (Lipinski definition) is 2. The van der Waals surface area contributed by atoms with Gasteiger partial charge in [-0.25, -0.2) is 12.3 Å². The van der Waals surface area contributed by atoms with Crippen molar-refractivity contribution >= 4 is 13.6 Å². The first-order valence-corrected chi connectivity index (χ1v) is 10.4. The average molecular weight is 500 g/mol. The van der Waals surface area contributed by atoms with E-state index in [4.69, 9.17) is 9.59 Å². The molecule has 0 aliphatic rings. The molecular formula is C22H46N4O2Ru. The van der Waals surface area contributed by atoms with Crippen LogP contribution in [0.5, 0.6) is 0 Å². The Bertz CT molecular complexity index is 289. The third-order valence-electron chi connectivity index (χ3n) is 4.24. The Morgan fingerprint density at radius 1 is 0.621 bits per heavy atom. The van der Waals surface area contributed by atoms with Gasteiger partial charge in [-0.05, 0) is 0 Å². The molecule has 0 aromatic carbocycles. The molecule has 0 aromatic rings. The predicted octanol–water partition coefficient (Wildman–Crippen LogP) is 6.81. The van der Waals surface area contributed by atoms with E-state index in [9.17, 15) is 0 Å². The Labute approximate surface area is 195 Å². The van der Waals surface area contributed by atoms with E-state index in [2.05, 4.69) is 104 Å². The van der Waals surface area contributed by atoms with Crippen LogP contribution in [0.1, 0.15) is 94.9 Å². The largest absolute Gasteiger partial charge is 6.00 e. The van der Waals surface area contributed by atoms with Crippen molar-refractivity contribution in [3.8, 4) is 0 Å². The van der Waals surface area contributed by atoms with E-state index in [1.807, 2.05) is 0 Å². The van der Waals surface area contributed by atoms with E-state index < -0.39 is 0 Å². The second-order valence-electron chi connectivity index (χ2n) is 7.37. The molecule has 7 heteroatoms. The van der Waals surface area contributed by atoms with E-state index in [1.165, 1.54) is 0 Å². The van der Waals surface area contributed by atoms with Crippen LogP contribution in [0.3, 0.4) is 0 Å². The van der Waals surface area contributed by atoms with E-state index in [1.54, 1.807) is 0 Å². The molecule has 0 aliphatic carbocycles. The van der Waals surface area contributed by atoms with Gasteiger partial charge in [0.05, 0.1) is 0 Å². The molecule has 2 atom stereocenters. The minimum absolute atomic E-state index is 0. The van der Waals surface area contributed by atoms with Gasteiger partial charge in [-0.15, -0.1) is 11.1 Å². The smallest absolute Gasteiger partial charge is 0.678 e. The van der Waals surface area contributed by atoms with E-state index in [0.29, 0.717) is 0 Å². The van der Waals surface area contributed by atoms with Gasteiger partial charge in [0, 0.05) is 0 Å². The third-order valence-corrected chi connectivity index (χ3v) is 4.24. The van der Waals surface area contributed by atoms with Crippen LogP contribution in [0.2, 0.25) is 0 Å². The number of carbonyl (C=O) groups excluding carboxylic acids is 2. The minimum atomic E-state index is 0. The van der Waals surface area contributed by atoms with E-state index >= 15 is 0 Å². The normalized spacial score (nSPS) is 12.5. The van der Waals surface area contributed by atoms with Crippen molar-refractivity contribution in [3.63, 3.8) is 0 Å². The van der Waals surface area contributed by atoms with Crippen molar-refractivity contribution in [2.45, 2.75) is 118 Å². The summed E-state index contributed by atoms with van der Waals surface area (Å²) >= 11 is 0. The van der Waals surface area contributed by atoms with Gasteiger partial charge in [-0.2, -0.15) is 13.1 Å². The zero-order valence-electron chi connectivity index (χ0n) is 20.5. The van der Waals surface area contributed by atoms with Gasteiger partial charge in [0.15, 0.2) is 0 Å². The summed E-state index contributed by atoms with van der Waals surface area (Å²) in [5.41, 5.74) is 0.193. The summed E-state index contributed by atoms with van der Waals surface area (Å²) in [6.45, 7) is 29.7. The number of hydrogen-bond donors (Lipinski definition) is 0. The predicted molar refractivity (Wildman–Crippen MR) is 125 cm³/mol. The van der Waals surface area contributed by atoms with Crippen molar-refractivity contribution in [2.75, 3.05) is 13.1 Å². The summed E-state index contributed by atoms with van der Waals surface area (Å²) in [5, 5.41) is 18.2. The van der Waals surface area contributed by atoms with Crippen LogP contribution in [-0.2, 0) is 29.1 Å². The Balaban J connectivity index is -0.000000109. The number of nitrogens with zero attached hydrogens (tertiary/aromatic N) is 4. The maximum absolute atomic E-state index is 7.75. The molecule has 6 nitrogen and oxygen atoms in total. The number of rotatable bonds is 12. The van der Waals surface area contributed by atoms with E-state index in [-0.39, 0.29) is 42.9 Å². The van der Waals surface area contributed by atoms with Crippen LogP contribution in [0.15, 0.2) is 0 Å². The SMILES string of the molecule is CC[N-]C(CC)[N-]C(C)(C)CC.CC[N-]C(CC)[N-]C(C)(C)CC.[CH-]=O.[CH-]=O.[Ru+6]. The fraction of sp³-hybridized carbons (Fsp3) is 0.909. The summed E-state index contributed by atoms with van der Waals surface area (Å²) in [6.07, 6.45) is 4.65. The first kappa shape index (κ1) is 39.3. The van der Waals surface area contributed by atoms with Crippen LogP contribution in [0, 0.1) is 0 Å². The first-order valence-electron chi connectivity index (χ1n) is 10.4. The molecule has 0 fully saturated rings. The zero-order chi connectivity index (χ0) is 23.2. The average Bonchev–Trinajstić information content (AvgIpc) is 2.70. The van der Waals surface area contributed by atoms with E-state index in [0.717, 1.165) is 38.8 Å². The van der Waals surface area contributed by atoms with Crippen molar-refractivity contribution in [3.05, 3.63) is 21.3 Å². The van der Waals surface area contributed by atoms with Crippen LogP contribution in [0.4, 0.5) is 0 Å². The van der Waals surface area contributed by atoms with Gasteiger partial charge in [0.1, 0.15) is 0 Å². The molecule has 0 saturated heterocycles. The van der Waals surface area contributed by atoms with Crippen LogP contribution < -0.4 is 0 Å². The van der Waals surface area contributed by atoms with Crippen LogP contribution in [0.25, 0.3) is 21.3 Å². The molecule has 0 radical (unpaired) electrons. The summed E-state index contributed by atoms with van der Waals surface area (Å²) in [4.78, 5) is 15.5. The molecule has 0 saturated carbocycles. The molecule has 29 heavy (non-hydrogen) atoms. The van der Waals surface area contributed by atoms with Crippen molar-refractivity contribution in [1.29, 1.82) is 0 Å². The summed E-state index contributed by atoms with van der Waals surface area (Å²) in [6, 6.07) is 0. The van der Waals surface area contributed by atoms with Gasteiger partial charge in [0.2, 0.25) is 0 Å². The van der Waals surface area contributed by atoms with Crippen molar-refractivity contribution in [2.24, 2.45) is 0 Å². The molecule has 0 bridgehead atoms. The third kappa shape index (κ3) is 27.8. The van der Waals surface area contributed by atoms with Gasteiger partial charge in [-0.1, -0.05) is 94.9 Å². The molecule has 174 valence electrons. The molecular weight excluding hydrogens is 453 g/mol. The van der Waals surface area contributed by atoms with Gasteiger partial charge in [-0.3, -0.25) is 13.6 Å². The van der Waals surface area contributed by atoms with Gasteiger partial charge >= 0.3 is 19.5 Å². The summed E-state index contributed by atoms with van der Waals surface area (Å²) < 4.78 is 0. The summed E-state index contributed by atoms with van der Waals surface area (Å²) in [5.74, 6) is 0. The van der Waals surface area contributed by atoms with Gasteiger partial charge < -0.3 is 30.9 Å². The standard InChI is InChI=1S/2C10H22N2.2CHO.Ru/c2*1-6-9(11-8-3)12-10(4,5)7-2;2*1-2;/h2*9H,6-8H2,1-5H3;2*1H;/q2*-2;2*-1;+6. The van der Waals surface area contributed by atoms with Gasteiger partial charge in [0.25, 0.3) is 0 Å². The molecule has 0 amide bonds. The summed E-state index contributed by atoms with van der Waals surface area (Å²) in [7, 11) is 0. The second-order valence-corrected chi connectivity index (χ2v) is 7.37. The maximum atomic E-state index is 7.75. The Hall–Kier alpha value is -0.197. The molecule has 0 heterocycles. The molecule has 0 aliphatic heterocycles. The molecule has 0 spiro atoms. The second kappa shape index (κ2) is 25.8. The molecule has 0 rings (SSSR count). The van der Waals surface area contributed by atoms with Crippen molar-refractivity contribution < 1.29 is 29.1 Å². The maximum Gasteiger partial charge on any atom is 6.00 e. The van der Waals surface area contributed by atoms with Crippen LogP contribution in [-0.4, -0.2) is 50.1 Å². The Morgan fingerprint density at radius 2 is 0.862 bits per heavy atom. The molecule has 2 unspecified atom stereocenters. The molecule has 0 N–H and O–H groups in total. The Morgan fingerprint density at radius 3 is 1.00 bits per heavy atom. The van der Waals surface area contributed by atoms with Crippen molar-refractivity contribution in [1.82, 2.24) is 0 Å². The first-order chi connectivity index (χ1) is 13.1. The monoisotopic (exact) mass is 500 g/mol. The minimum Gasteiger partial charge on any atom is -0.678 e. The molecule has 0 aromatic heterocycles. The fourth-order valence-corrected chi connectivity index (χ4v) is 1.93. The topological polar surface area (TPSA) is 90.5 Å². The van der Waals surface area contributed by atoms with Crippen LogP contribution >= 0.6 is 0 Å². The fourth-order valence-electron chi connectivity index (χ4n) is 1.93. The Kier molecular flexibility index (Phi) is 35.0. The quantitative estimate of drug-likeness (QED) is 0.168.